The van der Waals surface area contributed by atoms with Crippen molar-refractivity contribution >= 4 is 15.7 Å². The van der Waals surface area contributed by atoms with Gasteiger partial charge in [-0.1, -0.05) is 13.3 Å². The van der Waals surface area contributed by atoms with Crippen LogP contribution in [0.15, 0.2) is 24.3 Å². The number of halogens is 1. The van der Waals surface area contributed by atoms with E-state index in [1.165, 1.54) is 24.3 Å². The molecule has 7 heteroatoms. The highest BCUT2D eigenvalue weighted by Crippen LogP contribution is 2.19. The molecule has 0 bridgehead atoms. The Labute approximate surface area is 142 Å². The molecule has 1 atom stereocenters. The van der Waals surface area contributed by atoms with Gasteiger partial charge in [0.15, 0.2) is 9.84 Å². The van der Waals surface area contributed by atoms with E-state index < -0.39 is 9.84 Å². The van der Waals surface area contributed by atoms with E-state index in [1.807, 2.05) is 6.92 Å². The smallest absolute Gasteiger partial charge is 0.226 e. The van der Waals surface area contributed by atoms with E-state index in [0.717, 1.165) is 12.8 Å². The molecule has 134 valence electrons. The highest BCUT2D eigenvalue weighted by molar-refractivity contribution is 7.91. The van der Waals surface area contributed by atoms with Gasteiger partial charge in [0, 0.05) is 12.6 Å². The van der Waals surface area contributed by atoms with Gasteiger partial charge in [-0.2, -0.15) is 0 Å². The van der Waals surface area contributed by atoms with Crippen LogP contribution >= 0.6 is 0 Å². The van der Waals surface area contributed by atoms with Crippen LogP contribution in [0.5, 0.6) is 5.75 Å². The number of rotatable bonds is 8. The number of hydrogen-bond donors (Lipinski definition) is 0. The molecule has 5 nitrogen and oxygen atoms in total. The third-order valence-electron chi connectivity index (χ3n) is 4.12. The minimum absolute atomic E-state index is 0.0568. The molecule has 1 aromatic carbocycles. The van der Waals surface area contributed by atoms with E-state index in [-0.39, 0.29) is 42.3 Å². The maximum Gasteiger partial charge on any atom is 0.226 e. The van der Waals surface area contributed by atoms with Gasteiger partial charge < -0.3 is 9.64 Å². The number of carbonyl (C=O) groups excluding carboxylic acids is 1. The maximum atomic E-state index is 12.8. The van der Waals surface area contributed by atoms with Crippen LogP contribution in [0, 0.1) is 5.82 Å². The molecule has 24 heavy (non-hydrogen) atoms. The van der Waals surface area contributed by atoms with Crippen LogP contribution in [0.3, 0.4) is 0 Å². The molecular formula is C17H24FNO4S. The van der Waals surface area contributed by atoms with Gasteiger partial charge in [-0.05, 0) is 37.1 Å². The van der Waals surface area contributed by atoms with Crippen molar-refractivity contribution < 1.29 is 22.3 Å². The number of carbonyl (C=O) groups is 1. The first-order valence-electron chi connectivity index (χ1n) is 8.29. The topological polar surface area (TPSA) is 63.7 Å². The minimum atomic E-state index is -3.03. The highest BCUT2D eigenvalue weighted by atomic mass is 32.2. The summed E-state index contributed by atoms with van der Waals surface area (Å²) in [5.41, 5.74) is 0. The summed E-state index contributed by atoms with van der Waals surface area (Å²) in [4.78, 5) is 14.2. The minimum Gasteiger partial charge on any atom is -0.493 e. The lowest BCUT2D eigenvalue weighted by atomic mass is 10.2. The van der Waals surface area contributed by atoms with Crippen molar-refractivity contribution in [2.45, 2.75) is 38.6 Å². The predicted molar refractivity (Wildman–Crippen MR) is 90.2 cm³/mol. The lowest BCUT2D eigenvalue weighted by molar-refractivity contribution is -0.133. The number of ether oxygens (including phenoxy) is 1. The zero-order valence-electron chi connectivity index (χ0n) is 13.9. The number of benzene rings is 1. The Kier molecular flexibility index (Phi) is 6.60. The molecule has 0 N–H and O–H groups in total. The van der Waals surface area contributed by atoms with Gasteiger partial charge in [-0.15, -0.1) is 0 Å². The van der Waals surface area contributed by atoms with Gasteiger partial charge in [-0.25, -0.2) is 12.8 Å². The summed E-state index contributed by atoms with van der Waals surface area (Å²) in [7, 11) is -3.03. The first kappa shape index (κ1) is 18.7. The van der Waals surface area contributed by atoms with Crippen LogP contribution in [0.25, 0.3) is 0 Å². The van der Waals surface area contributed by atoms with Gasteiger partial charge in [0.2, 0.25) is 5.91 Å². The van der Waals surface area contributed by atoms with Crippen molar-refractivity contribution in [3.05, 3.63) is 30.1 Å². The van der Waals surface area contributed by atoms with Crippen LogP contribution in [0.4, 0.5) is 4.39 Å². The molecular weight excluding hydrogens is 333 g/mol. The molecule has 0 aromatic heterocycles. The molecule has 1 heterocycles. The van der Waals surface area contributed by atoms with E-state index in [4.69, 9.17) is 4.74 Å². The fourth-order valence-electron chi connectivity index (χ4n) is 2.79. The Hall–Kier alpha value is -1.63. The Morgan fingerprint density at radius 1 is 1.33 bits per heavy atom. The van der Waals surface area contributed by atoms with Crippen molar-refractivity contribution in [1.82, 2.24) is 4.90 Å². The van der Waals surface area contributed by atoms with Crippen molar-refractivity contribution in [2.75, 3.05) is 24.7 Å². The monoisotopic (exact) mass is 357 g/mol. The van der Waals surface area contributed by atoms with E-state index in [0.29, 0.717) is 18.7 Å². The van der Waals surface area contributed by atoms with Gasteiger partial charge in [0.1, 0.15) is 11.6 Å². The molecule has 0 aliphatic carbocycles. The average molecular weight is 357 g/mol. The quantitative estimate of drug-likeness (QED) is 0.717. The normalized spacial score (nSPS) is 19.2. The molecule has 1 aliphatic rings. The van der Waals surface area contributed by atoms with Gasteiger partial charge in [0.05, 0.1) is 24.5 Å². The molecule has 1 fully saturated rings. The Morgan fingerprint density at radius 3 is 2.62 bits per heavy atom. The largest absolute Gasteiger partial charge is 0.493 e. The zero-order valence-corrected chi connectivity index (χ0v) is 14.7. The number of unbranched alkanes of at least 4 members (excludes halogenated alkanes) is 1. The molecule has 2 rings (SSSR count). The number of sulfone groups is 1. The third-order valence-corrected chi connectivity index (χ3v) is 5.87. The van der Waals surface area contributed by atoms with Crippen LogP contribution < -0.4 is 4.74 Å². The van der Waals surface area contributed by atoms with Crippen LogP contribution in [0.2, 0.25) is 0 Å². The van der Waals surface area contributed by atoms with E-state index in [9.17, 15) is 17.6 Å². The Morgan fingerprint density at radius 2 is 2.04 bits per heavy atom. The van der Waals surface area contributed by atoms with Gasteiger partial charge >= 0.3 is 0 Å². The first-order valence-corrected chi connectivity index (χ1v) is 10.1. The number of nitrogens with zero attached hydrogens (tertiary/aromatic N) is 1. The number of amides is 1. The van der Waals surface area contributed by atoms with Crippen molar-refractivity contribution in [3.63, 3.8) is 0 Å². The van der Waals surface area contributed by atoms with Crippen molar-refractivity contribution in [3.8, 4) is 5.75 Å². The van der Waals surface area contributed by atoms with Gasteiger partial charge in [0.25, 0.3) is 0 Å². The average Bonchev–Trinajstić information content (AvgIpc) is 2.89. The zero-order chi connectivity index (χ0) is 17.6. The molecule has 0 radical (unpaired) electrons. The standard InChI is InChI=1S/C17H24FNO4S/c1-2-3-10-19(15-9-12-24(21,22)13-15)17(20)8-11-23-16-6-4-14(18)5-7-16/h4-7,15H,2-3,8-13H2,1H3. The second-order valence-corrected chi connectivity index (χ2v) is 8.28. The fourth-order valence-corrected chi connectivity index (χ4v) is 4.52. The summed E-state index contributed by atoms with van der Waals surface area (Å²) in [5, 5.41) is 0. The second kappa shape index (κ2) is 8.46. The summed E-state index contributed by atoms with van der Waals surface area (Å²) in [5.74, 6) is 0.285. The summed E-state index contributed by atoms with van der Waals surface area (Å²) < 4.78 is 41.6. The Bertz CT molecular complexity index is 645. The number of hydrogen-bond acceptors (Lipinski definition) is 4. The van der Waals surface area contributed by atoms with Crippen molar-refractivity contribution in [2.24, 2.45) is 0 Å². The molecule has 1 unspecified atom stereocenters. The third kappa shape index (κ3) is 5.47. The molecule has 1 saturated heterocycles. The SMILES string of the molecule is CCCCN(C(=O)CCOc1ccc(F)cc1)C1CCS(=O)(=O)C1. The summed E-state index contributed by atoms with van der Waals surface area (Å²) in [6.07, 6.45) is 2.48. The fraction of sp³-hybridized carbons (Fsp3) is 0.588. The lowest BCUT2D eigenvalue weighted by Crippen LogP contribution is -2.42. The molecule has 1 aliphatic heterocycles. The van der Waals surface area contributed by atoms with Crippen LogP contribution in [-0.4, -0.2) is 49.9 Å². The summed E-state index contributed by atoms with van der Waals surface area (Å²) in [6.45, 7) is 2.80. The highest BCUT2D eigenvalue weighted by Gasteiger charge is 2.34. The summed E-state index contributed by atoms with van der Waals surface area (Å²) in [6, 6.07) is 5.40. The maximum absolute atomic E-state index is 12.8. The molecule has 0 spiro atoms. The Balaban J connectivity index is 1.88. The predicted octanol–water partition coefficient (Wildman–Crippen LogP) is 2.41. The lowest BCUT2D eigenvalue weighted by Gasteiger charge is -2.28. The van der Waals surface area contributed by atoms with E-state index in [2.05, 4.69) is 0 Å². The summed E-state index contributed by atoms with van der Waals surface area (Å²) >= 11 is 0. The first-order chi connectivity index (χ1) is 11.4. The van der Waals surface area contributed by atoms with Gasteiger partial charge in [-0.3, -0.25) is 4.79 Å². The van der Waals surface area contributed by atoms with E-state index >= 15 is 0 Å². The molecule has 0 saturated carbocycles. The van der Waals surface area contributed by atoms with Crippen LogP contribution in [-0.2, 0) is 14.6 Å². The second-order valence-electron chi connectivity index (χ2n) is 6.05. The van der Waals surface area contributed by atoms with Crippen LogP contribution in [0.1, 0.15) is 32.6 Å². The molecule has 1 aromatic rings. The van der Waals surface area contributed by atoms with Crippen molar-refractivity contribution in [1.29, 1.82) is 0 Å². The van der Waals surface area contributed by atoms with E-state index in [1.54, 1.807) is 4.90 Å². The molecule has 1 amide bonds.